The van der Waals surface area contributed by atoms with Crippen molar-refractivity contribution in [1.82, 2.24) is 0 Å². The number of benzene rings is 3. The van der Waals surface area contributed by atoms with Crippen LogP contribution in [0.2, 0.25) is 0 Å². The molecule has 0 saturated heterocycles. The molecule has 33 heavy (non-hydrogen) atoms. The molecule has 3 aromatic carbocycles. The lowest BCUT2D eigenvalue weighted by Gasteiger charge is -2.11. The highest BCUT2D eigenvalue weighted by molar-refractivity contribution is 5.71. The maximum atomic E-state index is 14.8. The normalized spacial score (nSPS) is 11.5. The summed E-state index contributed by atoms with van der Waals surface area (Å²) in [6, 6.07) is 18.3. The van der Waals surface area contributed by atoms with Crippen LogP contribution in [0, 0.1) is 5.82 Å². The van der Waals surface area contributed by atoms with Crippen LogP contribution in [0.1, 0.15) is 57.4 Å². The van der Waals surface area contributed by atoms with Gasteiger partial charge in [0.15, 0.2) is 0 Å². The molecule has 0 aliphatic heterocycles. The smallest absolute Gasteiger partial charge is 0.406 e. The molecule has 0 bridgehead atoms. The molecule has 0 aliphatic rings. The Balaban J connectivity index is 1.58. The summed E-state index contributed by atoms with van der Waals surface area (Å²) in [6.07, 6.45) is 5.27. The molecule has 0 amide bonds. The van der Waals surface area contributed by atoms with Crippen molar-refractivity contribution in [3.8, 4) is 28.0 Å². The van der Waals surface area contributed by atoms with E-state index in [0.29, 0.717) is 11.1 Å². The van der Waals surface area contributed by atoms with E-state index in [-0.39, 0.29) is 5.75 Å². The van der Waals surface area contributed by atoms with Crippen LogP contribution in [0.15, 0.2) is 66.7 Å². The first-order valence-electron chi connectivity index (χ1n) is 11.6. The highest BCUT2D eigenvalue weighted by atomic mass is 19.4. The van der Waals surface area contributed by atoms with Gasteiger partial charge in [0, 0.05) is 5.56 Å². The summed E-state index contributed by atoms with van der Waals surface area (Å²) < 4.78 is 55.6. The maximum absolute atomic E-state index is 14.8. The molecular formula is C28H30F4O. The van der Waals surface area contributed by atoms with Crippen molar-refractivity contribution in [2.45, 2.75) is 64.7 Å². The number of ether oxygens (including phenoxy) is 1. The molecule has 0 saturated carbocycles. The van der Waals surface area contributed by atoms with Gasteiger partial charge < -0.3 is 4.74 Å². The second-order valence-corrected chi connectivity index (χ2v) is 8.34. The number of halogens is 4. The topological polar surface area (TPSA) is 9.23 Å². The summed E-state index contributed by atoms with van der Waals surface area (Å²) >= 11 is 0. The van der Waals surface area contributed by atoms with Crippen LogP contribution in [-0.2, 0) is 6.42 Å². The van der Waals surface area contributed by atoms with E-state index in [1.807, 2.05) is 18.2 Å². The number of hydrogen-bond acceptors (Lipinski definition) is 1. The van der Waals surface area contributed by atoms with Gasteiger partial charge in [-0.2, -0.15) is 0 Å². The highest BCUT2D eigenvalue weighted by Crippen LogP contribution is 2.30. The summed E-state index contributed by atoms with van der Waals surface area (Å²) in [5.74, 6) is -0.760. The first-order chi connectivity index (χ1) is 15.9. The molecule has 0 atom stereocenters. The molecule has 0 fully saturated rings. The fraction of sp³-hybridized carbons (Fsp3) is 0.357. The number of unbranched alkanes of at least 4 members (excludes halogenated alkanes) is 6. The third-order valence-corrected chi connectivity index (χ3v) is 5.72. The zero-order valence-electron chi connectivity index (χ0n) is 18.9. The molecule has 1 nitrogen and oxygen atoms in total. The lowest BCUT2D eigenvalue weighted by atomic mass is 9.98. The van der Waals surface area contributed by atoms with E-state index in [1.54, 1.807) is 6.07 Å². The fourth-order valence-corrected chi connectivity index (χ4v) is 3.92. The van der Waals surface area contributed by atoms with Crippen molar-refractivity contribution in [2.75, 3.05) is 0 Å². The molecule has 0 N–H and O–H groups in total. The summed E-state index contributed by atoms with van der Waals surface area (Å²) in [7, 11) is 0. The van der Waals surface area contributed by atoms with Crippen molar-refractivity contribution in [2.24, 2.45) is 0 Å². The van der Waals surface area contributed by atoms with Crippen LogP contribution in [0.5, 0.6) is 5.75 Å². The minimum atomic E-state index is -4.75. The molecule has 5 heteroatoms. The van der Waals surface area contributed by atoms with E-state index in [1.165, 1.54) is 80.8 Å². The van der Waals surface area contributed by atoms with E-state index in [4.69, 9.17) is 0 Å². The van der Waals surface area contributed by atoms with E-state index in [2.05, 4.69) is 23.8 Å². The van der Waals surface area contributed by atoms with Crippen molar-refractivity contribution in [3.05, 3.63) is 78.1 Å². The van der Waals surface area contributed by atoms with Crippen LogP contribution in [-0.4, -0.2) is 6.36 Å². The second-order valence-electron chi connectivity index (χ2n) is 8.34. The maximum Gasteiger partial charge on any atom is 0.573 e. The third-order valence-electron chi connectivity index (χ3n) is 5.72. The van der Waals surface area contributed by atoms with Gasteiger partial charge in [-0.3, -0.25) is 0 Å². The minimum absolute atomic E-state index is 0.327. The van der Waals surface area contributed by atoms with E-state index >= 15 is 0 Å². The molecule has 3 rings (SSSR count). The van der Waals surface area contributed by atoms with Crippen molar-refractivity contribution < 1.29 is 22.3 Å². The van der Waals surface area contributed by atoms with Crippen molar-refractivity contribution in [1.29, 1.82) is 0 Å². The van der Waals surface area contributed by atoms with Gasteiger partial charge in [-0.1, -0.05) is 94.0 Å². The molecular weight excluding hydrogens is 428 g/mol. The Labute approximate surface area is 193 Å². The average molecular weight is 459 g/mol. The highest BCUT2D eigenvalue weighted by Gasteiger charge is 2.31. The van der Waals surface area contributed by atoms with Crippen LogP contribution < -0.4 is 4.74 Å². The van der Waals surface area contributed by atoms with E-state index < -0.39 is 12.2 Å². The predicted octanol–water partition coefficient (Wildman–Crippen LogP) is 9.35. The third kappa shape index (κ3) is 7.92. The lowest BCUT2D eigenvalue weighted by molar-refractivity contribution is -0.274. The van der Waals surface area contributed by atoms with Gasteiger partial charge in [0.2, 0.25) is 0 Å². The van der Waals surface area contributed by atoms with Gasteiger partial charge in [-0.05, 0) is 53.3 Å². The second kappa shape index (κ2) is 11.9. The molecule has 0 radical (unpaired) electrons. The average Bonchev–Trinajstić information content (AvgIpc) is 2.78. The van der Waals surface area contributed by atoms with Crippen LogP contribution >= 0.6 is 0 Å². The first-order valence-corrected chi connectivity index (χ1v) is 11.6. The van der Waals surface area contributed by atoms with Gasteiger partial charge in [0.25, 0.3) is 0 Å². The molecule has 0 heterocycles. The Kier molecular flexibility index (Phi) is 8.93. The number of hydrogen-bond donors (Lipinski definition) is 0. The summed E-state index contributed by atoms with van der Waals surface area (Å²) in [6.45, 7) is 2.23. The number of alkyl halides is 3. The van der Waals surface area contributed by atoms with Gasteiger partial charge in [0.05, 0.1) is 0 Å². The quantitative estimate of drug-likeness (QED) is 0.205. The minimum Gasteiger partial charge on any atom is -0.406 e. The Hall–Kier alpha value is -2.82. The molecule has 0 aromatic heterocycles. The van der Waals surface area contributed by atoms with E-state index in [9.17, 15) is 17.6 Å². The Morgan fingerprint density at radius 3 is 1.85 bits per heavy atom. The summed E-state index contributed by atoms with van der Waals surface area (Å²) in [4.78, 5) is 0. The molecule has 0 spiro atoms. The number of aryl methyl sites for hydroxylation is 1. The SMILES string of the molecule is CCCCCCCCCc1ccc(-c2ccc(-c3ccc(OC(F)(F)F)cc3)c(F)c2)cc1. The van der Waals surface area contributed by atoms with E-state index in [0.717, 1.165) is 17.5 Å². The zero-order chi connectivity index (χ0) is 23.7. The molecule has 0 unspecified atom stereocenters. The molecule has 3 aromatic rings. The lowest BCUT2D eigenvalue weighted by Crippen LogP contribution is -2.16. The first kappa shape index (κ1) is 24.8. The molecule has 0 aliphatic carbocycles. The standard InChI is InChI=1S/C28H30F4O/c1-2-3-4-5-6-7-8-9-21-10-12-22(13-11-21)24-16-19-26(27(29)20-24)23-14-17-25(18-15-23)33-28(30,31)32/h10-20H,2-9H2,1H3. The van der Waals surface area contributed by atoms with Crippen molar-refractivity contribution >= 4 is 0 Å². The Morgan fingerprint density at radius 2 is 1.24 bits per heavy atom. The largest absolute Gasteiger partial charge is 0.573 e. The summed E-state index contributed by atoms with van der Waals surface area (Å²) in [5.41, 5.74) is 3.78. The van der Waals surface area contributed by atoms with Crippen molar-refractivity contribution in [3.63, 3.8) is 0 Å². The zero-order valence-corrected chi connectivity index (χ0v) is 18.9. The van der Waals surface area contributed by atoms with Crippen LogP contribution in [0.3, 0.4) is 0 Å². The van der Waals surface area contributed by atoms with Crippen LogP contribution in [0.25, 0.3) is 22.3 Å². The Bertz CT molecular complexity index is 992. The van der Waals surface area contributed by atoms with Gasteiger partial charge in [0.1, 0.15) is 11.6 Å². The molecule has 176 valence electrons. The predicted molar refractivity (Wildman–Crippen MR) is 126 cm³/mol. The number of rotatable bonds is 11. The van der Waals surface area contributed by atoms with Gasteiger partial charge >= 0.3 is 6.36 Å². The Morgan fingerprint density at radius 1 is 0.667 bits per heavy atom. The summed E-state index contributed by atoms with van der Waals surface area (Å²) in [5, 5.41) is 0. The van der Waals surface area contributed by atoms with Crippen LogP contribution in [0.4, 0.5) is 17.6 Å². The monoisotopic (exact) mass is 458 g/mol. The fourth-order valence-electron chi connectivity index (χ4n) is 3.92. The van der Waals surface area contributed by atoms with Gasteiger partial charge in [-0.25, -0.2) is 4.39 Å². The van der Waals surface area contributed by atoms with Gasteiger partial charge in [-0.15, -0.1) is 13.2 Å².